The fourth-order valence-corrected chi connectivity index (χ4v) is 2.09. The highest BCUT2D eigenvalue weighted by Crippen LogP contribution is 2.26. The summed E-state index contributed by atoms with van der Waals surface area (Å²) in [7, 11) is 0. The lowest BCUT2D eigenvalue weighted by Gasteiger charge is -2.16. The van der Waals surface area contributed by atoms with Crippen molar-refractivity contribution in [3.63, 3.8) is 0 Å². The number of hydrogen-bond donors (Lipinski definition) is 1. The molecule has 1 aliphatic heterocycles. The topological polar surface area (TPSA) is 47.0 Å². The first-order chi connectivity index (χ1) is 8.83. The number of fused-ring (bicyclic) bond motifs is 1. The molecule has 2 heterocycles. The van der Waals surface area contributed by atoms with Gasteiger partial charge in [-0.05, 0) is 17.2 Å². The Labute approximate surface area is 110 Å². The highest BCUT2D eigenvalue weighted by Gasteiger charge is 2.20. The molecule has 0 amide bonds. The van der Waals surface area contributed by atoms with Crippen LogP contribution in [0.5, 0.6) is 5.88 Å². The van der Waals surface area contributed by atoms with Gasteiger partial charge in [-0.2, -0.15) is 4.98 Å². The lowest BCUT2D eigenvalue weighted by molar-refractivity contribution is 0.202. The van der Waals surface area contributed by atoms with Crippen LogP contribution in [0.15, 0.2) is 36.5 Å². The molecule has 4 nitrogen and oxygen atoms in total. The average Bonchev–Trinajstić information content (AvgIpc) is 2.61. The molecule has 1 N–H and O–H groups in total. The molecule has 5 heteroatoms. The summed E-state index contributed by atoms with van der Waals surface area (Å²) < 4.78 is 5.93. The van der Waals surface area contributed by atoms with Crippen LogP contribution in [-0.2, 0) is 6.54 Å². The molecule has 0 radical (unpaired) electrons. The molecule has 1 atom stereocenters. The van der Waals surface area contributed by atoms with Crippen molar-refractivity contribution in [1.29, 1.82) is 0 Å². The number of nitrogens with zero attached hydrogens (tertiary/aromatic N) is 2. The van der Waals surface area contributed by atoms with Gasteiger partial charge < -0.3 is 10.1 Å². The molecule has 1 unspecified atom stereocenters. The summed E-state index contributed by atoms with van der Waals surface area (Å²) >= 11 is 5.80. The van der Waals surface area contributed by atoms with Gasteiger partial charge in [0, 0.05) is 24.8 Å². The lowest BCUT2D eigenvalue weighted by atomic mass is 10.1. The van der Waals surface area contributed by atoms with Crippen LogP contribution in [0.3, 0.4) is 0 Å². The summed E-state index contributed by atoms with van der Waals surface area (Å²) in [5, 5.41) is 3.53. The van der Waals surface area contributed by atoms with Crippen molar-refractivity contribution in [3.8, 4) is 5.88 Å². The molecule has 0 aliphatic carbocycles. The number of aromatic nitrogens is 2. The van der Waals surface area contributed by atoms with E-state index in [1.54, 1.807) is 6.20 Å². The molecule has 1 aliphatic rings. The van der Waals surface area contributed by atoms with E-state index in [4.69, 9.17) is 16.3 Å². The predicted molar refractivity (Wildman–Crippen MR) is 68.6 cm³/mol. The lowest BCUT2D eigenvalue weighted by Crippen LogP contribution is -2.21. The standard InChI is InChI=1S/C13H12ClN3O/c14-13-16-7-10-6-15-8-11(18-12(10)17-13)9-4-2-1-3-5-9/h1-5,7,11,15H,6,8H2. The maximum absolute atomic E-state index is 5.93. The van der Waals surface area contributed by atoms with E-state index in [-0.39, 0.29) is 11.4 Å². The predicted octanol–water partition coefficient (Wildman–Crippen LogP) is 2.35. The molecule has 0 saturated carbocycles. The Morgan fingerprint density at radius 3 is 2.94 bits per heavy atom. The van der Waals surface area contributed by atoms with Crippen LogP contribution in [0.1, 0.15) is 17.2 Å². The number of benzene rings is 1. The largest absolute Gasteiger partial charge is 0.468 e. The normalized spacial score (nSPS) is 18.6. The van der Waals surface area contributed by atoms with Crippen molar-refractivity contribution in [3.05, 3.63) is 52.9 Å². The van der Waals surface area contributed by atoms with E-state index >= 15 is 0 Å². The molecule has 3 rings (SSSR count). The Morgan fingerprint density at radius 1 is 1.28 bits per heavy atom. The van der Waals surface area contributed by atoms with Gasteiger partial charge in [-0.1, -0.05) is 30.3 Å². The monoisotopic (exact) mass is 261 g/mol. The molecule has 2 aromatic rings. The summed E-state index contributed by atoms with van der Waals surface area (Å²) in [6.45, 7) is 1.42. The van der Waals surface area contributed by atoms with Gasteiger partial charge in [0.05, 0.1) is 0 Å². The summed E-state index contributed by atoms with van der Waals surface area (Å²) in [5.41, 5.74) is 2.05. The molecule has 0 bridgehead atoms. The molecule has 1 aromatic carbocycles. The molecule has 18 heavy (non-hydrogen) atoms. The molecule has 0 saturated heterocycles. The highest BCUT2D eigenvalue weighted by atomic mass is 35.5. The SMILES string of the molecule is Clc1ncc2c(n1)OC(c1ccccc1)CNC2. The zero-order chi connectivity index (χ0) is 12.4. The molecule has 92 valence electrons. The third-order valence-corrected chi connectivity index (χ3v) is 3.05. The Kier molecular flexibility index (Phi) is 3.13. The highest BCUT2D eigenvalue weighted by molar-refractivity contribution is 6.28. The van der Waals surface area contributed by atoms with E-state index in [0.717, 1.165) is 17.7 Å². The van der Waals surface area contributed by atoms with Crippen molar-refractivity contribution in [1.82, 2.24) is 15.3 Å². The van der Waals surface area contributed by atoms with Crippen LogP contribution in [0, 0.1) is 0 Å². The average molecular weight is 262 g/mol. The summed E-state index contributed by atoms with van der Waals surface area (Å²) in [5.74, 6) is 0.564. The van der Waals surface area contributed by atoms with Gasteiger partial charge in [0.1, 0.15) is 6.10 Å². The third-order valence-electron chi connectivity index (χ3n) is 2.87. The van der Waals surface area contributed by atoms with E-state index < -0.39 is 0 Å². The minimum Gasteiger partial charge on any atom is -0.468 e. The van der Waals surface area contributed by atoms with Gasteiger partial charge in [-0.3, -0.25) is 0 Å². The van der Waals surface area contributed by atoms with Crippen molar-refractivity contribution >= 4 is 11.6 Å². The maximum Gasteiger partial charge on any atom is 0.225 e. The zero-order valence-corrected chi connectivity index (χ0v) is 10.4. The fraction of sp³-hybridized carbons (Fsp3) is 0.231. The number of nitrogens with one attached hydrogen (secondary N) is 1. The van der Waals surface area contributed by atoms with Gasteiger partial charge in [-0.15, -0.1) is 0 Å². The van der Waals surface area contributed by atoms with Crippen LogP contribution >= 0.6 is 11.6 Å². The number of ether oxygens (including phenoxy) is 1. The van der Waals surface area contributed by atoms with Crippen LogP contribution in [-0.4, -0.2) is 16.5 Å². The Bertz CT molecular complexity index is 547. The second kappa shape index (κ2) is 4.92. The summed E-state index contributed by atoms with van der Waals surface area (Å²) in [4.78, 5) is 8.11. The van der Waals surface area contributed by atoms with Crippen molar-refractivity contribution in [2.24, 2.45) is 0 Å². The van der Waals surface area contributed by atoms with Gasteiger partial charge in [0.2, 0.25) is 11.2 Å². The second-order valence-electron chi connectivity index (χ2n) is 4.12. The van der Waals surface area contributed by atoms with E-state index in [1.807, 2.05) is 30.3 Å². The maximum atomic E-state index is 5.93. The van der Waals surface area contributed by atoms with Crippen molar-refractivity contribution in [2.75, 3.05) is 6.54 Å². The smallest absolute Gasteiger partial charge is 0.225 e. The van der Waals surface area contributed by atoms with Gasteiger partial charge >= 0.3 is 0 Å². The van der Waals surface area contributed by atoms with E-state index in [9.17, 15) is 0 Å². The van der Waals surface area contributed by atoms with E-state index in [2.05, 4.69) is 15.3 Å². The van der Waals surface area contributed by atoms with Crippen LogP contribution in [0.4, 0.5) is 0 Å². The zero-order valence-electron chi connectivity index (χ0n) is 9.64. The second-order valence-corrected chi connectivity index (χ2v) is 4.46. The summed E-state index contributed by atoms with van der Waals surface area (Å²) in [6.07, 6.45) is 1.64. The first kappa shape index (κ1) is 11.4. The Hall–Kier alpha value is -1.65. The van der Waals surface area contributed by atoms with Crippen LogP contribution < -0.4 is 10.1 Å². The third kappa shape index (κ3) is 2.30. The fourth-order valence-electron chi connectivity index (χ4n) is 1.96. The van der Waals surface area contributed by atoms with E-state index in [1.165, 1.54) is 0 Å². The number of rotatable bonds is 1. The molecular weight excluding hydrogens is 250 g/mol. The van der Waals surface area contributed by atoms with E-state index in [0.29, 0.717) is 12.4 Å². The minimum absolute atomic E-state index is 0.0570. The van der Waals surface area contributed by atoms with Crippen molar-refractivity contribution < 1.29 is 4.74 Å². The molecule has 0 fully saturated rings. The molecular formula is C13H12ClN3O. The van der Waals surface area contributed by atoms with Crippen molar-refractivity contribution in [2.45, 2.75) is 12.6 Å². The molecule has 1 aromatic heterocycles. The van der Waals surface area contributed by atoms with Gasteiger partial charge in [-0.25, -0.2) is 4.98 Å². The first-order valence-corrected chi connectivity index (χ1v) is 6.14. The van der Waals surface area contributed by atoms with Gasteiger partial charge in [0.25, 0.3) is 0 Å². The Balaban J connectivity index is 1.92. The number of hydrogen-bond acceptors (Lipinski definition) is 4. The molecule has 0 spiro atoms. The van der Waals surface area contributed by atoms with Gasteiger partial charge in [0.15, 0.2) is 0 Å². The first-order valence-electron chi connectivity index (χ1n) is 5.76. The van der Waals surface area contributed by atoms with Crippen LogP contribution in [0.2, 0.25) is 5.28 Å². The van der Waals surface area contributed by atoms with Crippen LogP contribution in [0.25, 0.3) is 0 Å². The minimum atomic E-state index is -0.0570. The quantitative estimate of drug-likeness (QED) is 0.801. The summed E-state index contributed by atoms with van der Waals surface area (Å²) in [6, 6.07) is 10.1. The Morgan fingerprint density at radius 2 is 2.11 bits per heavy atom. The number of halogens is 1.